The highest BCUT2D eigenvalue weighted by molar-refractivity contribution is 7.99. The SMILES string of the molecule is CCSc1ccccc1NC(C)C(C)C. The Morgan fingerprint density at radius 2 is 1.87 bits per heavy atom. The number of benzene rings is 1. The number of rotatable bonds is 5. The van der Waals surface area contributed by atoms with Gasteiger partial charge in [-0.15, -0.1) is 11.8 Å². The maximum atomic E-state index is 3.57. The number of anilines is 1. The number of para-hydroxylation sites is 1. The van der Waals surface area contributed by atoms with Gasteiger partial charge in [0.2, 0.25) is 0 Å². The van der Waals surface area contributed by atoms with Crippen molar-refractivity contribution in [1.82, 2.24) is 0 Å². The first-order chi connectivity index (χ1) is 7.15. The fraction of sp³-hybridized carbons (Fsp3) is 0.538. The zero-order chi connectivity index (χ0) is 11.3. The van der Waals surface area contributed by atoms with Crippen LogP contribution in [-0.4, -0.2) is 11.8 Å². The average Bonchev–Trinajstić information content (AvgIpc) is 2.21. The fourth-order valence-electron chi connectivity index (χ4n) is 1.28. The molecule has 1 aromatic carbocycles. The monoisotopic (exact) mass is 223 g/mol. The van der Waals surface area contributed by atoms with Crippen LogP contribution in [0.25, 0.3) is 0 Å². The molecule has 0 aliphatic rings. The molecule has 0 saturated carbocycles. The third-order valence-corrected chi connectivity index (χ3v) is 3.53. The minimum Gasteiger partial charge on any atom is -0.381 e. The standard InChI is InChI=1S/C13H21NS/c1-5-15-13-9-7-6-8-12(13)14-11(4)10(2)3/h6-11,14H,5H2,1-4H3. The summed E-state index contributed by atoms with van der Waals surface area (Å²) in [5.41, 5.74) is 1.27. The predicted molar refractivity (Wildman–Crippen MR) is 70.8 cm³/mol. The van der Waals surface area contributed by atoms with Crippen molar-refractivity contribution < 1.29 is 0 Å². The molecule has 1 atom stereocenters. The molecule has 0 heterocycles. The average molecular weight is 223 g/mol. The summed E-state index contributed by atoms with van der Waals surface area (Å²) in [5, 5.41) is 3.57. The third kappa shape index (κ3) is 3.78. The van der Waals surface area contributed by atoms with Gasteiger partial charge in [-0.05, 0) is 30.7 Å². The lowest BCUT2D eigenvalue weighted by Crippen LogP contribution is -2.21. The van der Waals surface area contributed by atoms with Crippen molar-refractivity contribution in [2.45, 2.75) is 38.6 Å². The fourth-order valence-corrected chi connectivity index (χ4v) is 2.05. The van der Waals surface area contributed by atoms with E-state index in [1.165, 1.54) is 10.6 Å². The van der Waals surface area contributed by atoms with Crippen molar-refractivity contribution in [2.24, 2.45) is 5.92 Å². The van der Waals surface area contributed by atoms with Gasteiger partial charge in [-0.2, -0.15) is 0 Å². The Kier molecular flexibility index (Phi) is 5.03. The van der Waals surface area contributed by atoms with Crippen molar-refractivity contribution in [1.29, 1.82) is 0 Å². The number of nitrogens with one attached hydrogen (secondary N) is 1. The molecule has 0 bridgehead atoms. The highest BCUT2D eigenvalue weighted by Gasteiger charge is 2.08. The lowest BCUT2D eigenvalue weighted by Gasteiger charge is -2.20. The van der Waals surface area contributed by atoms with Gasteiger partial charge in [0.05, 0.1) is 0 Å². The maximum Gasteiger partial charge on any atom is 0.0480 e. The summed E-state index contributed by atoms with van der Waals surface area (Å²) < 4.78 is 0. The van der Waals surface area contributed by atoms with Gasteiger partial charge in [0.15, 0.2) is 0 Å². The van der Waals surface area contributed by atoms with Crippen molar-refractivity contribution in [3.8, 4) is 0 Å². The quantitative estimate of drug-likeness (QED) is 0.749. The number of thioether (sulfide) groups is 1. The Labute approximate surface area is 97.7 Å². The van der Waals surface area contributed by atoms with Gasteiger partial charge in [0.25, 0.3) is 0 Å². The Morgan fingerprint density at radius 1 is 1.20 bits per heavy atom. The topological polar surface area (TPSA) is 12.0 Å². The first-order valence-corrected chi connectivity index (χ1v) is 6.62. The van der Waals surface area contributed by atoms with Crippen LogP contribution in [-0.2, 0) is 0 Å². The molecular weight excluding hydrogens is 202 g/mol. The van der Waals surface area contributed by atoms with Gasteiger partial charge in [-0.25, -0.2) is 0 Å². The lowest BCUT2D eigenvalue weighted by atomic mass is 10.1. The summed E-state index contributed by atoms with van der Waals surface area (Å²) in [6, 6.07) is 9.06. The van der Waals surface area contributed by atoms with E-state index < -0.39 is 0 Å². The second kappa shape index (κ2) is 6.06. The summed E-state index contributed by atoms with van der Waals surface area (Å²) >= 11 is 1.89. The minimum absolute atomic E-state index is 0.517. The molecule has 1 unspecified atom stereocenters. The Bertz CT molecular complexity index is 296. The van der Waals surface area contributed by atoms with Crippen LogP contribution in [0.2, 0.25) is 0 Å². The van der Waals surface area contributed by atoms with Gasteiger partial charge in [0, 0.05) is 16.6 Å². The first-order valence-electron chi connectivity index (χ1n) is 5.63. The van der Waals surface area contributed by atoms with Crippen LogP contribution in [0.4, 0.5) is 5.69 Å². The molecule has 0 saturated heterocycles. The van der Waals surface area contributed by atoms with Crippen LogP contribution in [0.5, 0.6) is 0 Å². The van der Waals surface area contributed by atoms with E-state index in [4.69, 9.17) is 0 Å². The van der Waals surface area contributed by atoms with E-state index in [1.54, 1.807) is 0 Å². The number of hydrogen-bond acceptors (Lipinski definition) is 2. The Balaban J connectivity index is 2.74. The minimum atomic E-state index is 0.517. The van der Waals surface area contributed by atoms with E-state index in [2.05, 4.69) is 57.3 Å². The van der Waals surface area contributed by atoms with Gasteiger partial charge < -0.3 is 5.32 Å². The van der Waals surface area contributed by atoms with Gasteiger partial charge in [-0.3, -0.25) is 0 Å². The summed E-state index contributed by atoms with van der Waals surface area (Å²) in [5.74, 6) is 1.78. The summed E-state index contributed by atoms with van der Waals surface area (Å²) in [7, 11) is 0. The highest BCUT2D eigenvalue weighted by Crippen LogP contribution is 2.27. The molecule has 0 spiro atoms. The molecule has 0 aliphatic heterocycles. The molecule has 0 amide bonds. The van der Waals surface area contributed by atoms with Crippen LogP contribution in [0.15, 0.2) is 29.2 Å². The van der Waals surface area contributed by atoms with Crippen molar-refractivity contribution in [3.05, 3.63) is 24.3 Å². The van der Waals surface area contributed by atoms with E-state index >= 15 is 0 Å². The second-order valence-corrected chi connectivity index (χ2v) is 5.41. The molecule has 1 N–H and O–H groups in total. The molecule has 0 aliphatic carbocycles. The summed E-state index contributed by atoms with van der Waals surface area (Å²) in [6.07, 6.45) is 0. The third-order valence-electron chi connectivity index (χ3n) is 2.57. The largest absolute Gasteiger partial charge is 0.381 e. The number of hydrogen-bond donors (Lipinski definition) is 1. The van der Waals surface area contributed by atoms with Gasteiger partial charge in [0.1, 0.15) is 0 Å². The molecule has 1 rings (SSSR count). The predicted octanol–water partition coefficient (Wildman–Crippen LogP) is 4.26. The molecule has 0 fully saturated rings. The van der Waals surface area contributed by atoms with E-state index in [0.717, 1.165) is 5.75 Å². The first kappa shape index (κ1) is 12.4. The molecule has 1 aromatic rings. The van der Waals surface area contributed by atoms with E-state index in [-0.39, 0.29) is 0 Å². The molecule has 1 nitrogen and oxygen atoms in total. The smallest absolute Gasteiger partial charge is 0.0480 e. The second-order valence-electron chi connectivity index (χ2n) is 4.11. The maximum absolute atomic E-state index is 3.57. The van der Waals surface area contributed by atoms with Gasteiger partial charge in [-0.1, -0.05) is 32.9 Å². The Hall–Kier alpha value is -0.630. The van der Waals surface area contributed by atoms with Crippen LogP contribution < -0.4 is 5.32 Å². The van der Waals surface area contributed by atoms with E-state index in [0.29, 0.717) is 12.0 Å². The van der Waals surface area contributed by atoms with Crippen LogP contribution >= 0.6 is 11.8 Å². The molecule has 84 valence electrons. The van der Waals surface area contributed by atoms with Crippen LogP contribution in [0.1, 0.15) is 27.7 Å². The van der Waals surface area contributed by atoms with E-state index in [9.17, 15) is 0 Å². The normalized spacial score (nSPS) is 12.9. The highest BCUT2D eigenvalue weighted by atomic mass is 32.2. The van der Waals surface area contributed by atoms with Crippen molar-refractivity contribution in [2.75, 3.05) is 11.1 Å². The van der Waals surface area contributed by atoms with Crippen LogP contribution in [0, 0.1) is 5.92 Å². The zero-order valence-corrected chi connectivity index (χ0v) is 10.9. The van der Waals surface area contributed by atoms with Gasteiger partial charge >= 0.3 is 0 Å². The van der Waals surface area contributed by atoms with Crippen molar-refractivity contribution in [3.63, 3.8) is 0 Å². The Morgan fingerprint density at radius 3 is 2.47 bits per heavy atom. The molecule has 2 heteroatoms. The molecule has 0 radical (unpaired) electrons. The summed E-state index contributed by atoms with van der Waals surface area (Å²) in [4.78, 5) is 1.35. The molecule has 15 heavy (non-hydrogen) atoms. The molecule has 0 aromatic heterocycles. The van der Waals surface area contributed by atoms with E-state index in [1.807, 2.05) is 11.8 Å². The molecular formula is C13H21NS. The summed E-state index contributed by atoms with van der Waals surface area (Å²) in [6.45, 7) is 8.91. The zero-order valence-electron chi connectivity index (χ0n) is 10.1. The van der Waals surface area contributed by atoms with Crippen molar-refractivity contribution >= 4 is 17.4 Å². The van der Waals surface area contributed by atoms with Crippen LogP contribution in [0.3, 0.4) is 0 Å². The lowest BCUT2D eigenvalue weighted by molar-refractivity contribution is 0.559.